The molecule has 0 saturated carbocycles. The number of hydrogen-bond acceptors (Lipinski definition) is 4. The van der Waals surface area contributed by atoms with E-state index in [4.69, 9.17) is 10.2 Å². The van der Waals surface area contributed by atoms with Crippen LogP contribution in [0.25, 0.3) is 0 Å². The van der Waals surface area contributed by atoms with Crippen LogP contribution in [0.3, 0.4) is 0 Å². The fourth-order valence-electron chi connectivity index (χ4n) is 0. The van der Waals surface area contributed by atoms with Gasteiger partial charge in [0.05, 0.1) is 0 Å². The zero-order chi connectivity index (χ0) is 9.49. The maximum Gasteiger partial charge on any atom is 0.159 e. The van der Waals surface area contributed by atoms with E-state index >= 15 is 0 Å². The summed E-state index contributed by atoms with van der Waals surface area (Å²) >= 11 is 0. The second-order valence-electron chi connectivity index (χ2n) is 2.49. The van der Waals surface area contributed by atoms with Crippen LogP contribution in [0, 0.1) is 0 Å². The van der Waals surface area contributed by atoms with Crippen LogP contribution in [-0.4, -0.2) is 36.5 Å². The largest absolute Gasteiger partial charge is 0.368 e. The third kappa shape index (κ3) is 25.8. The van der Waals surface area contributed by atoms with E-state index < -0.39 is 12.1 Å². The summed E-state index contributed by atoms with van der Waals surface area (Å²) in [5.41, 5.74) is 0. The van der Waals surface area contributed by atoms with Gasteiger partial charge in [-0.25, -0.2) is 0 Å². The number of rotatable bonds is 2. The van der Waals surface area contributed by atoms with Crippen molar-refractivity contribution in [1.29, 1.82) is 0 Å². The van der Waals surface area contributed by atoms with E-state index in [-0.39, 0.29) is 0 Å². The van der Waals surface area contributed by atoms with Gasteiger partial charge in [0.1, 0.15) is 0 Å². The van der Waals surface area contributed by atoms with Crippen molar-refractivity contribution in [3.05, 3.63) is 0 Å². The molecular formula is C7H18O4. The Kier molecular flexibility index (Phi) is 7.99. The molecule has 70 valence electrons. The minimum absolute atomic E-state index is 0.616. The monoisotopic (exact) mass is 166 g/mol. The second kappa shape index (κ2) is 6.54. The maximum absolute atomic E-state index is 8.60. The van der Waals surface area contributed by atoms with Crippen molar-refractivity contribution in [2.45, 2.75) is 32.8 Å². The number of aliphatic hydroxyl groups is 2. The predicted molar refractivity (Wildman–Crippen MR) is 42.0 cm³/mol. The Hall–Kier alpha value is -0.160. The van der Waals surface area contributed by atoms with Crippen molar-refractivity contribution in [3.63, 3.8) is 0 Å². The third-order valence-corrected chi connectivity index (χ3v) is 0.841. The number of methoxy groups -OCH3 is 2. The number of aliphatic hydroxyl groups excluding tert-OH is 1. The van der Waals surface area contributed by atoms with E-state index in [9.17, 15) is 0 Å². The molecule has 0 heterocycles. The third-order valence-electron chi connectivity index (χ3n) is 0.841. The molecule has 4 nitrogen and oxygen atoms in total. The van der Waals surface area contributed by atoms with Crippen molar-refractivity contribution >= 4 is 0 Å². The Morgan fingerprint density at radius 3 is 1.45 bits per heavy atom. The van der Waals surface area contributed by atoms with Gasteiger partial charge in [0.25, 0.3) is 0 Å². The van der Waals surface area contributed by atoms with Gasteiger partial charge in [-0.05, 0) is 20.8 Å². The molecule has 0 amide bonds. The molecule has 0 rings (SSSR count). The summed E-state index contributed by atoms with van der Waals surface area (Å²) in [7, 11) is 2.91. The summed E-state index contributed by atoms with van der Waals surface area (Å²) in [6.07, 6.45) is -0.616. The highest BCUT2D eigenvalue weighted by Crippen LogP contribution is 1.97. The molecule has 0 aromatic heterocycles. The molecule has 4 heteroatoms. The lowest BCUT2D eigenvalue weighted by Gasteiger charge is -2.12. The average molecular weight is 166 g/mol. The topological polar surface area (TPSA) is 58.9 Å². The van der Waals surface area contributed by atoms with Crippen molar-refractivity contribution in [1.82, 2.24) is 0 Å². The number of hydrogen-bond donors (Lipinski definition) is 2. The molecule has 1 atom stereocenters. The molecule has 0 aromatic rings. The quantitative estimate of drug-likeness (QED) is 0.580. The molecule has 0 spiro atoms. The molecule has 0 radical (unpaired) electrons. The molecule has 0 bridgehead atoms. The molecule has 0 aliphatic heterocycles. The fraction of sp³-hybridized carbons (Fsp3) is 1.00. The van der Waals surface area contributed by atoms with E-state index in [0.29, 0.717) is 0 Å². The van der Waals surface area contributed by atoms with Crippen molar-refractivity contribution in [3.8, 4) is 0 Å². The lowest BCUT2D eigenvalue weighted by Crippen LogP contribution is -2.20. The molecule has 0 aliphatic rings. The SMILES string of the molecule is COC(C)(C)O.COC(C)O. The summed E-state index contributed by atoms with van der Waals surface area (Å²) in [6.45, 7) is 4.71. The Bertz CT molecular complexity index is 75.0. The van der Waals surface area contributed by atoms with Gasteiger partial charge < -0.3 is 19.7 Å². The Morgan fingerprint density at radius 2 is 1.45 bits per heavy atom. The van der Waals surface area contributed by atoms with Crippen molar-refractivity contribution in [2.75, 3.05) is 14.2 Å². The normalized spacial score (nSPS) is 13.4. The van der Waals surface area contributed by atoms with Gasteiger partial charge in [-0.1, -0.05) is 0 Å². The first-order chi connectivity index (χ1) is 4.83. The van der Waals surface area contributed by atoms with E-state index in [0.717, 1.165) is 0 Å². The molecule has 0 aliphatic carbocycles. The van der Waals surface area contributed by atoms with Crippen LogP contribution in [-0.2, 0) is 9.47 Å². The minimum Gasteiger partial charge on any atom is -0.368 e. The van der Waals surface area contributed by atoms with E-state index in [1.54, 1.807) is 20.8 Å². The van der Waals surface area contributed by atoms with Gasteiger partial charge in [0.2, 0.25) is 0 Å². The standard InChI is InChI=1S/C4H10O2.C3H8O2/c1-4(2,5)6-3;1-3(4)5-2/h5H,1-3H3;3-4H,1-2H3. The Balaban J connectivity index is 0. The molecular weight excluding hydrogens is 148 g/mol. The van der Waals surface area contributed by atoms with Crippen LogP contribution >= 0.6 is 0 Å². The first kappa shape index (κ1) is 13.4. The molecule has 1 unspecified atom stereocenters. The lowest BCUT2D eigenvalue weighted by atomic mass is 10.4. The molecule has 11 heavy (non-hydrogen) atoms. The van der Waals surface area contributed by atoms with Crippen LogP contribution in [0.4, 0.5) is 0 Å². The number of ether oxygens (including phenoxy) is 2. The first-order valence-corrected chi connectivity index (χ1v) is 3.32. The van der Waals surface area contributed by atoms with Gasteiger partial charge >= 0.3 is 0 Å². The highest BCUT2D eigenvalue weighted by Gasteiger charge is 2.06. The Labute approximate surface area is 67.8 Å². The summed E-state index contributed by atoms with van der Waals surface area (Å²) in [4.78, 5) is 0. The maximum atomic E-state index is 8.60. The zero-order valence-electron chi connectivity index (χ0n) is 7.79. The summed E-state index contributed by atoms with van der Waals surface area (Å²) in [5.74, 6) is -0.958. The van der Waals surface area contributed by atoms with Gasteiger partial charge in [-0.15, -0.1) is 0 Å². The predicted octanol–water partition coefficient (Wildman–Crippen LogP) is 0.332. The van der Waals surface area contributed by atoms with Crippen molar-refractivity contribution in [2.24, 2.45) is 0 Å². The van der Waals surface area contributed by atoms with E-state index in [1.165, 1.54) is 14.2 Å². The van der Waals surface area contributed by atoms with E-state index in [1.807, 2.05) is 0 Å². The van der Waals surface area contributed by atoms with Crippen LogP contribution in [0.15, 0.2) is 0 Å². The van der Waals surface area contributed by atoms with Crippen LogP contribution in [0.1, 0.15) is 20.8 Å². The highest BCUT2D eigenvalue weighted by atomic mass is 16.6. The highest BCUT2D eigenvalue weighted by molar-refractivity contribution is 4.42. The van der Waals surface area contributed by atoms with Gasteiger partial charge in [-0.2, -0.15) is 0 Å². The molecule has 0 fully saturated rings. The van der Waals surface area contributed by atoms with Crippen LogP contribution in [0.5, 0.6) is 0 Å². The second-order valence-corrected chi connectivity index (χ2v) is 2.49. The zero-order valence-corrected chi connectivity index (χ0v) is 7.79. The minimum atomic E-state index is -0.958. The molecule has 0 aromatic carbocycles. The van der Waals surface area contributed by atoms with E-state index in [2.05, 4.69) is 9.47 Å². The van der Waals surface area contributed by atoms with Crippen LogP contribution < -0.4 is 0 Å². The summed E-state index contributed by atoms with van der Waals surface area (Å²) < 4.78 is 8.80. The first-order valence-electron chi connectivity index (χ1n) is 3.32. The lowest BCUT2D eigenvalue weighted by molar-refractivity contribution is -0.155. The Morgan fingerprint density at radius 1 is 1.27 bits per heavy atom. The van der Waals surface area contributed by atoms with Gasteiger partial charge in [-0.3, -0.25) is 0 Å². The van der Waals surface area contributed by atoms with Crippen LogP contribution in [0.2, 0.25) is 0 Å². The summed E-state index contributed by atoms with van der Waals surface area (Å²) in [6, 6.07) is 0. The average Bonchev–Trinajstić information content (AvgIpc) is 1.88. The smallest absolute Gasteiger partial charge is 0.159 e. The fourth-order valence-corrected chi connectivity index (χ4v) is 0. The van der Waals surface area contributed by atoms with Gasteiger partial charge in [0, 0.05) is 14.2 Å². The molecule has 0 saturated heterocycles. The van der Waals surface area contributed by atoms with Crippen molar-refractivity contribution < 1.29 is 19.7 Å². The summed E-state index contributed by atoms with van der Waals surface area (Å²) in [5, 5.41) is 16.7. The molecule has 2 N–H and O–H groups in total. The van der Waals surface area contributed by atoms with Gasteiger partial charge in [0.15, 0.2) is 12.1 Å².